The van der Waals surface area contributed by atoms with Crippen LogP contribution in [0.4, 0.5) is 0 Å². The normalized spacial score (nSPS) is 13.0. The van der Waals surface area contributed by atoms with Crippen LogP contribution in [0.15, 0.2) is 0 Å². The van der Waals surface area contributed by atoms with Gasteiger partial charge in [0.05, 0.1) is 13.5 Å². The van der Waals surface area contributed by atoms with Gasteiger partial charge >= 0.3 is 5.97 Å². The molecule has 0 saturated heterocycles. The van der Waals surface area contributed by atoms with E-state index in [1.54, 1.807) is 0 Å². The van der Waals surface area contributed by atoms with Crippen LogP contribution in [-0.4, -0.2) is 44.7 Å². The van der Waals surface area contributed by atoms with Gasteiger partial charge in [0, 0.05) is 6.04 Å². The third-order valence-corrected chi connectivity index (χ3v) is 2.10. The lowest BCUT2D eigenvalue weighted by Crippen LogP contribution is -2.31. The molecule has 0 amide bonds. The van der Waals surface area contributed by atoms with E-state index >= 15 is 0 Å². The Balaban J connectivity index is 3.87. The van der Waals surface area contributed by atoms with Gasteiger partial charge < -0.3 is 15.4 Å². The van der Waals surface area contributed by atoms with Crippen LogP contribution in [0.25, 0.3) is 0 Å². The van der Waals surface area contributed by atoms with Crippen molar-refractivity contribution in [1.29, 1.82) is 0 Å². The highest BCUT2D eigenvalue weighted by atomic mass is 16.5. The SMILES string of the molecule is COC(=O)CC(CCCN)N(C)C. The van der Waals surface area contributed by atoms with Crippen LogP contribution in [0.2, 0.25) is 0 Å². The fourth-order valence-electron chi connectivity index (χ4n) is 1.17. The predicted octanol–water partition coefficient (Wildman–Crippen LogP) is 0.219. The molecule has 0 saturated carbocycles. The number of nitrogens with zero attached hydrogens (tertiary/aromatic N) is 1. The molecule has 0 heterocycles. The summed E-state index contributed by atoms with van der Waals surface area (Å²) in [7, 11) is 5.34. The first kappa shape index (κ1) is 12.4. The van der Waals surface area contributed by atoms with E-state index < -0.39 is 0 Å². The van der Waals surface area contributed by atoms with E-state index in [2.05, 4.69) is 4.74 Å². The second-order valence-corrected chi connectivity index (χ2v) is 3.33. The molecular formula is C9H20N2O2. The Kier molecular flexibility index (Phi) is 6.54. The van der Waals surface area contributed by atoms with E-state index in [1.807, 2.05) is 19.0 Å². The van der Waals surface area contributed by atoms with Crippen molar-refractivity contribution in [2.24, 2.45) is 5.73 Å². The van der Waals surface area contributed by atoms with Crippen molar-refractivity contribution in [3.05, 3.63) is 0 Å². The zero-order chi connectivity index (χ0) is 10.3. The van der Waals surface area contributed by atoms with E-state index in [-0.39, 0.29) is 12.0 Å². The Morgan fingerprint density at radius 3 is 2.54 bits per heavy atom. The molecule has 4 nitrogen and oxygen atoms in total. The molecule has 0 aromatic heterocycles. The highest BCUT2D eigenvalue weighted by molar-refractivity contribution is 5.69. The molecule has 4 heteroatoms. The summed E-state index contributed by atoms with van der Waals surface area (Å²) in [6.07, 6.45) is 2.34. The van der Waals surface area contributed by atoms with Gasteiger partial charge in [-0.1, -0.05) is 0 Å². The zero-order valence-electron chi connectivity index (χ0n) is 8.75. The number of hydrogen-bond donors (Lipinski definition) is 1. The number of methoxy groups -OCH3 is 1. The van der Waals surface area contributed by atoms with Gasteiger partial charge in [-0.05, 0) is 33.5 Å². The van der Waals surface area contributed by atoms with Gasteiger partial charge in [-0.25, -0.2) is 0 Å². The van der Waals surface area contributed by atoms with Gasteiger partial charge in [0.1, 0.15) is 0 Å². The summed E-state index contributed by atoms with van der Waals surface area (Å²) in [5.41, 5.74) is 5.41. The summed E-state index contributed by atoms with van der Waals surface area (Å²) < 4.78 is 4.61. The third-order valence-electron chi connectivity index (χ3n) is 2.10. The number of hydrogen-bond acceptors (Lipinski definition) is 4. The molecule has 0 aromatic carbocycles. The highest BCUT2D eigenvalue weighted by Crippen LogP contribution is 2.07. The number of rotatable bonds is 6. The monoisotopic (exact) mass is 188 g/mol. The Hall–Kier alpha value is -0.610. The maximum Gasteiger partial charge on any atom is 0.307 e. The number of esters is 1. The molecule has 13 heavy (non-hydrogen) atoms. The average molecular weight is 188 g/mol. The second-order valence-electron chi connectivity index (χ2n) is 3.33. The summed E-state index contributed by atoms with van der Waals surface area (Å²) in [5, 5.41) is 0. The number of carbonyl (C=O) groups excluding carboxylic acids is 1. The Morgan fingerprint density at radius 1 is 1.54 bits per heavy atom. The molecule has 0 aliphatic carbocycles. The summed E-state index contributed by atoms with van der Waals surface area (Å²) in [6.45, 7) is 0.672. The minimum Gasteiger partial charge on any atom is -0.469 e. The van der Waals surface area contributed by atoms with Gasteiger partial charge in [0.15, 0.2) is 0 Å². The molecule has 0 radical (unpaired) electrons. The largest absolute Gasteiger partial charge is 0.469 e. The van der Waals surface area contributed by atoms with E-state index in [4.69, 9.17) is 5.73 Å². The van der Waals surface area contributed by atoms with Gasteiger partial charge in [0.2, 0.25) is 0 Å². The predicted molar refractivity (Wildman–Crippen MR) is 52.4 cm³/mol. The Bertz CT molecular complexity index is 149. The molecule has 78 valence electrons. The molecule has 2 N–H and O–H groups in total. The topological polar surface area (TPSA) is 55.6 Å². The van der Waals surface area contributed by atoms with Crippen LogP contribution in [0.1, 0.15) is 19.3 Å². The molecular weight excluding hydrogens is 168 g/mol. The summed E-state index contributed by atoms with van der Waals surface area (Å²) in [5.74, 6) is -0.157. The van der Waals surface area contributed by atoms with Gasteiger partial charge in [0.25, 0.3) is 0 Å². The minimum atomic E-state index is -0.157. The summed E-state index contributed by atoms with van der Waals surface area (Å²) >= 11 is 0. The smallest absolute Gasteiger partial charge is 0.307 e. The lowest BCUT2D eigenvalue weighted by Gasteiger charge is -2.22. The maximum atomic E-state index is 11.0. The first-order valence-electron chi connectivity index (χ1n) is 4.55. The average Bonchev–Trinajstić information content (AvgIpc) is 2.11. The van der Waals surface area contributed by atoms with Crippen LogP contribution >= 0.6 is 0 Å². The number of ether oxygens (including phenoxy) is 1. The fraction of sp³-hybridized carbons (Fsp3) is 0.889. The molecule has 0 rings (SSSR count). The molecule has 1 unspecified atom stereocenters. The Labute approximate surface area is 80.0 Å². The maximum absolute atomic E-state index is 11.0. The first-order chi connectivity index (χ1) is 6.11. The van der Waals surface area contributed by atoms with Crippen LogP contribution in [0, 0.1) is 0 Å². The van der Waals surface area contributed by atoms with Crippen LogP contribution in [-0.2, 0) is 9.53 Å². The molecule has 0 bridgehead atoms. The van der Waals surface area contributed by atoms with E-state index in [0.29, 0.717) is 13.0 Å². The van der Waals surface area contributed by atoms with Crippen molar-refractivity contribution in [3.63, 3.8) is 0 Å². The van der Waals surface area contributed by atoms with Crippen molar-refractivity contribution in [2.75, 3.05) is 27.7 Å². The summed E-state index contributed by atoms with van der Waals surface area (Å²) in [6, 6.07) is 0.246. The minimum absolute atomic E-state index is 0.157. The van der Waals surface area contributed by atoms with Crippen molar-refractivity contribution < 1.29 is 9.53 Å². The Morgan fingerprint density at radius 2 is 2.15 bits per heavy atom. The lowest BCUT2D eigenvalue weighted by molar-refractivity contribution is -0.141. The third kappa shape index (κ3) is 5.60. The lowest BCUT2D eigenvalue weighted by atomic mass is 10.1. The van der Waals surface area contributed by atoms with Gasteiger partial charge in [-0.2, -0.15) is 0 Å². The fourth-order valence-corrected chi connectivity index (χ4v) is 1.17. The van der Waals surface area contributed by atoms with E-state index in [1.165, 1.54) is 7.11 Å². The van der Waals surface area contributed by atoms with Crippen LogP contribution in [0.3, 0.4) is 0 Å². The molecule has 0 fully saturated rings. The zero-order valence-corrected chi connectivity index (χ0v) is 8.75. The first-order valence-corrected chi connectivity index (χ1v) is 4.55. The molecule has 0 spiro atoms. The van der Waals surface area contributed by atoms with Crippen LogP contribution < -0.4 is 5.73 Å². The number of carbonyl (C=O) groups is 1. The summed E-state index contributed by atoms with van der Waals surface area (Å²) in [4.78, 5) is 13.0. The van der Waals surface area contributed by atoms with Crippen LogP contribution in [0.5, 0.6) is 0 Å². The van der Waals surface area contributed by atoms with Crippen molar-refractivity contribution in [1.82, 2.24) is 4.90 Å². The van der Waals surface area contributed by atoms with E-state index in [0.717, 1.165) is 12.8 Å². The quantitative estimate of drug-likeness (QED) is 0.606. The van der Waals surface area contributed by atoms with Gasteiger partial charge in [-0.15, -0.1) is 0 Å². The molecule has 1 atom stereocenters. The second kappa shape index (κ2) is 6.86. The molecule has 0 aliphatic heterocycles. The van der Waals surface area contributed by atoms with E-state index in [9.17, 15) is 4.79 Å². The number of nitrogens with two attached hydrogens (primary N) is 1. The molecule has 0 aromatic rings. The van der Waals surface area contributed by atoms with Gasteiger partial charge in [-0.3, -0.25) is 4.79 Å². The molecule has 0 aliphatic rings. The standard InChI is InChI=1S/C9H20N2O2/c1-11(2)8(5-4-6-10)7-9(12)13-3/h8H,4-7,10H2,1-3H3. The van der Waals surface area contributed by atoms with Crippen molar-refractivity contribution in [2.45, 2.75) is 25.3 Å². The van der Waals surface area contributed by atoms with Crippen molar-refractivity contribution >= 4 is 5.97 Å². The van der Waals surface area contributed by atoms with Crippen molar-refractivity contribution in [3.8, 4) is 0 Å². The highest BCUT2D eigenvalue weighted by Gasteiger charge is 2.15.